The molecule has 2 N–H and O–H groups in total. The summed E-state index contributed by atoms with van der Waals surface area (Å²) in [7, 11) is 0. The second-order valence-electron chi connectivity index (χ2n) is 5.71. The minimum Gasteiger partial charge on any atom is -0.456 e. The van der Waals surface area contributed by atoms with E-state index in [9.17, 15) is 9.90 Å². The minimum absolute atomic E-state index is 0.0948. The molecule has 0 aliphatic carbocycles. The number of aromatic amines is 1. The quantitative estimate of drug-likeness (QED) is 0.773. The molecule has 128 valence electrons. The lowest BCUT2D eigenvalue weighted by Gasteiger charge is -2.08. The van der Waals surface area contributed by atoms with Crippen molar-refractivity contribution in [3.8, 4) is 11.5 Å². The number of hydrogen-bond donors (Lipinski definition) is 2. The molecule has 2 aromatic rings. The molecule has 1 aromatic carbocycles. The van der Waals surface area contributed by atoms with E-state index in [1.165, 1.54) is 0 Å². The van der Waals surface area contributed by atoms with Crippen molar-refractivity contribution in [3.63, 3.8) is 0 Å². The average molecular weight is 396 g/mol. The molecule has 0 radical (unpaired) electrons. The van der Waals surface area contributed by atoms with Crippen molar-refractivity contribution in [2.24, 2.45) is 0 Å². The zero-order chi connectivity index (χ0) is 17.4. The van der Waals surface area contributed by atoms with Gasteiger partial charge in [0.25, 0.3) is 0 Å². The fraction of sp³-hybridized carbons (Fsp3) is 0.353. The molecule has 1 aliphatic heterocycles. The van der Waals surface area contributed by atoms with Crippen LogP contribution < -0.4 is 9.47 Å². The first kappa shape index (κ1) is 16.9. The first-order chi connectivity index (χ1) is 11.4. The van der Waals surface area contributed by atoms with E-state index in [0.717, 1.165) is 21.3 Å². The number of hydrogen-bond acceptors (Lipinski definition) is 5. The number of rotatable bonds is 4. The van der Waals surface area contributed by atoms with E-state index in [1.807, 2.05) is 6.92 Å². The van der Waals surface area contributed by atoms with Crippen LogP contribution in [0.3, 0.4) is 0 Å². The molecule has 2 heterocycles. The van der Waals surface area contributed by atoms with Gasteiger partial charge < -0.3 is 24.3 Å². The number of esters is 1. The van der Waals surface area contributed by atoms with Crippen LogP contribution in [0.2, 0.25) is 0 Å². The lowest BCUT2D eigenvalue weighted by atomic mass is 10.1. The number of benzene rings is 1. The van der Waals surface area contributed by atoms with Gasteiger partial charge in [-0.2, -0.15) is 0 Å². The minimum atomic E-state index is -0.647. The van der Waals surface area contributed by atoms with Gasteiger partial charge in [-0.25, -0.2) is 4.79 Å². The lowest BCUT2D eigenvalue weighted by Crippen LogP contribution is -2.08. The van der Waals surface area contributed by atoms with E-state index >= 15 is 0 Å². The molecule has 0 saturated heterocycles. The Kier molecular flexibility index (Phi) is 4.56. The van der Waals surface area contributed by atoms with Crippen LogP contribution >= 0.6 is 15.9 Å². The highest BCUT2D eigenvalue weighted by atomic mass is 79.9. The van der Waals surface area contributed by atoms with E-state index < -0.39 is 12.1 Å². The van der Waals surface area contributed by atoms with Crippen molar-refractivity contribution in [3.05, 3.63) is 44.7 Å². The van der Waals surface area contributed by atoms with Crippen LogP contribution in [0, 0.1) is 13.8 Å². The molecule has 3 rings (SSSR count). The number of carbonyl (C=O) groups is 1. The summed E-state index contributed by atoms with van der Waals surface area (Å²) >= 11 is 3.44. The Morgan fingerprint density at radius 2 is 2.04 bits per heavy atom. The van der Waals surface area contributed by atoms with Crippen LogP contribution in [0.4, 0.5) is 0 Å². The number of carbonyl (C=O) groups excluding carboxylic acids is 1. The van der Waals surface area contributed by atoms with Crippen LogP contribution in [0.25, 0.3) is 0 Å². The van der Waals surface area contributed by atoms with Crippen LogP contribution in [-0.2, 0) is 11.3 Å². The first-order valence-corrected chi connectivity index (χ1v) is 8.30. The Morgan fingerprint density at radius 3 is 2.67 bits per heavy atom. The molecule has 6 nitrogen and oxygen atoms in total. The first-order valence-electron chi connectivity index (χ1n) is 7.50. The summed E-state index contributed by atoms with van der Waals surface area (Å²) in [6.07, 6.45) is -0.647. The number of nitrogens with one attached hydrogen (secondary N) is 1. The number of ether oxygens (including phenoxy) is 3. The summed E-state index contributed by atoms with van der Waals surface area (Å²) in [5.74, 6) is 0.828. The molecule has 0 spiro atoms. The van der Waals surface area contributed by atoms with Gasteiger partial charge in [-0.3, -0.25) is 0 Å². The fourth-order valence-electron chi connectivity index (χ4n) is 2.88. The Hall–Kier alpha value is -1.99. The SMILES string of the molecule is Cc1[nH]c(C(=O)OCc2cc3c(cc2Br)OCO3)c(C)c1[C@H](C)O. The number of fused-ring (bicyclic) bond motifs is 1. The van der Waals surface area contributed by atoms with Crippen LogP contribution in [0.1, 0.15) is 45.9 Å². The molecule has 0 amide bonds. The zero-order valence-electron chi connectivity index (χ0n) is 13.6. The third kappa shape index (κ3) is 3.01. The van der Waals surface area contributed by atoms with E-state index in [2.05, 4.69) is 20.9 Å². The second-order valence-corrected chi connectivity index (χ2v) is 6.57. The smallest absolute Gasteiger partial charge is 0.355 e. The summed E-state index contributed by atoms with van der Waals surface area (Å²) in [5, 5.41) is 9.81. The predicted molar refractivity (Wildman–Crippen MR) is 90.3 cm³/mol. The largest absolute Gasteiger partial charge is 0.456 e. The van der Waals surface area contributed by atoms with Gasteiger partial charge in [0.15, 0.2) is 11.5 Å². The van der Waals surface area contributed by atoms with Crippen LogP contribution in [0.5, 0.6) is 11.5 Å². The number of aliphatic hydroxyl groups excluding tert-OH is 1. The molecule has 0 bridgehead atoms. The van der Waals surface area contributed by atoms with Crippen molar-refractivity contribution in [1.29, 1.82) is 0 Å². The van der Waals surface area contributed by atoms with Crippen molar-refractivity contribution >= 4 is 21.9 Å². The summed E-state index contributed by atoms with van der Waals surface area (Å²) < 4.78 is 16.8. The average Bonchev–Trinajstić information content (AvgIpc) is 3.07. The van der Waals surface area contributed by atoms with Crippen molar-refractivity contribution in [2.75, 3.05) is 6.79 Å². The van der Waals surface area contributed by atoms with Crippen molar-refractivity contribution in [2.45, 2.75) is 33.5 Å². The number of aliphatic hydroxyl groups is 1. The molecule has 0 saturated carbocycles. The van der Waals surface area contributed by atoms with Gasteiger partial charge in [-0.1, -0.05) is 15.9 Å². The molecule has 1 aliphatic rings. The summed E-state index contributed by atoms with van der Waals surface area (Å²) in [5.41, 5.74) is 3.34. The van der Waals surface area contributed by atoms with E-state index in [4.69, 9.17) is 14.2 Å². The van der Waals surface area contributed by atoms with Gasteiger partial charge in [0, 0.05) is 21.3 Å². The molecule has 0 unspecified atom stereocenters. The predicted octanol–water partition coefficient (Wildman–Crippen LogP) is 3.53. The summed E-state index contributed by atoms with van der Waals surface area (Å²) in [6, 6.07) is 3.58. The topological polar surface area (TPSA) is 80.8 Å². The molecule has 1 aromatic heterocycles. The van der Waals surface area contributed by atoms with Crippen molar-refractivity contribution in [1.82, 2.24) is 4.98 Å². The zero-order valence-corrected chi connectivity index (χ0v) is 15.2. The van der Waals surface area contributed by atoms with Gasteiger partial charge in [0.05, 0.1) is 6.10 Å². The Labute approximate surface area is 147 Å². The Morgan fingerprint density at radius 1 is 1.38 bits per heavy atom. The van der Waals surface area contributed by atoms with E-state index in [-0.39, 0.29) is 13.4 Å². The number of aryl methyl sites for hydroxylation is 1. The normalized spacial score (nSPS) is 13.9. The van der Waals surface area contributed by atoms with E-state index in [0.29, 0.717) is 22.8 Å². The lowest BCUT2D eigenvalue weighted by molar-refractivity contribution is 0.0464. The Bertz CT molecular complexity index is 797. The van der Waals surface area contributed by atoms with Gasteiger partial charge in [-0.05, 0) is 38.5 Å². The molecule has 1 atom stereocenters. The molecule has 0 fully saturated rings. The van der Waals surface area contributed by atoms with Gasteiger partial charge in [-0.15, -0.1) is 0 Å². The van der Waals surface area contributed by atoms with Crippen LogP contribution in [0.15, 0.2) is 16.6 Å². The van der Waals surface area contributed by atoms with E-state index in [1.54, 1.807) is 26.0 Å². The van der Waals surface area contributed by atoms with Gasteiger partial charge in [0.2, 0.25) is 6.79 Å². The third-order valence-corrected chi connectivity index (χ3v) is 4.76. The highest BCUT2D eigenvalue weighted by Gasteiger charge is 2.22. The summed E-state index contributed by atoms with van der Waals surface area (Å²) in [4.78, 5) is 15.4. The van der Waals surface area contributed by atoms with Gasteiger partial charge >= 0.3 is 5.97 Å². The second kappa shape index (κ2) is 6.49. The number of H-pyrrole nitrogens is 1. The highest BCUT2D eigenvalue weighted by molar-refractivity contribution is 9.10. The number of halogens is 1. The standard InChI is InChI=1S/C17H18BrNO5/c1-8-15(10(3)20)9(2)19-16(8)17(21)22-6-11-4-13-14(5-12(11)18)24-7-23-13/h4-5,10,19-20H,6-7H2,1-3H3/t10-/m0/s1. The summed E-state index contributed by atoms with van der Waals surface area (Å²) in [6.45, 7) is 5.56. The fourth-order valence-corrected chi connectivity index (χ4v) is 3.32. The maximum Gasteiger partial charge on any atom is 0.355 e. The van der Waals surface area contributed by atoms with Crippen molar-refractivity contribution < 1.29 is 24.1 Å². The van der Waals surface area contributed by atoms with Gasteiger partial charge in [0.1, 0.15) is 12.3 Å². The molecule has 24 heavy (non-hydrogen) atoms. The highest BCUT2D eigenvalue weighted by Crippen LogP contribution is 2.37. The van der Waals surface area contributed by atoms with Crippen LogP contribution in [-0.4, -0.2) is 22.9 Å². The number of aromatic nitrogens is 1. The third-order valence-electron chi connectivity index (χ3n) is 4.02. The maximum absolute atomic E-state index is 12.4. The Balaban J connectivity index is 1.76. The monoisotopic (exact) mass is 395 g/mol. The maximum atomic E-state index is 12.4. The molecular formula is C17H18BrNO5. The molecule has 7 heteroatoms. The molecular weight excluding hydrogens is 378 g/mol.